The van der Waals surface area contributed by atoms with Crippen molar-refractivity contribution < 1.29 is 19.0 Å². The van der Waals surface area contributed by atoms with Gasteiger partial charge in [0.15, 0.2) is 16.6 Å². The van der Waals surface area contributed by atoms with Crippen molar-refractivity contribution >= 4 is 22.4 Å². The number of aromatic nitrogens is 1. The zero-order chi connectivity index (χ0) is 21.7. The van der Waals surface area contributed by atoms with Crippen molar-refractivity contribution in [1.29, 1.82) is 0 Å². The molecule has 1 saturated heterocycles. The van der Waals surface area contributed by atoms with Crippen molar-refractivity contribution in [3.8, 4) is 11.5 Å². The van der Waals surface area contributed by atoms with E-state index in [9.17, 15) is 4.79 Å². The largest absolute Gasteiger partial charge is 0.493 e. The minimum absolute atomic E-state index is 0.210. The number of morpholine rings is 1. The molecule has 1 aromatic carbocycles. The Morgan fingerprint density at radius 3 is 2.70 bits per heavy atom. The van der Waals surface area contributed by atoms with Crippen LogP contribution < -0.4 is 14.8 Å². The van der Waals surface area contributed by atoms with Crippen LogP contribution in [0.4, 0.5) is 5.13 Å². The lowest BCUT2D eigenvalue weighted by molar-refractivity contribution is -0.0707. The minimum Gasteiger partial charge on any atom is -0.493 e. The minimum atomic E-state index is -0.240. The standard InChI is InChI=1S/C22H29N3O4S/c1-6-7-16-8-17(9-19(27-4)20(16)28-5)21(26)24-22-23-18(13-30-22)12-25-10-14(2)29-15(3)11-25/h6,8-9,13-15H,1,7,10-12H2,2-5H3,(H,23,24,26). The Hall–Kier alpha value is -2.42. The van der Waals surface area contributed by atoms with E-state index >= 15 is 0 Å². The number of allylic oxidation sites excluding steroid dienone is 1. The monoisotopic (exact) mass is 431 g/mol. The van der Waals surface area contributed by atoms with Crippen LogP contribution in [0.15, 0.2) is 30.2 Å². The van der Waals surface area contributed by atoms with E-state index in [2.05, 4.69) is 35.6 Å². The SMILES string of the molecule is C=CCc1cc(C(=O)Nc2nc(CN3CC(C)OC(C)C3)cs2)cc(OC)c1OC. The molecule has 0 spiro atoms. The van der Waals surface area contributed by atoms with Gasteiger partial charge in [0.1, 0.15) is 0 Å². The summed E-state index contributed by atoms with van der Waals surface area (Å²) in [5.74, 6) is 0.882. The van der Waals surface area contributed by atoms with Gasteiger partial charge in [-0.25, -0.2) is 4.98 Å². The number of methoxy groups -OCH3 is 2. The molecule has 2 aromatic rings. The molecular weight excluding hydrogens is 402 g/mol. The second kappa shape index (κ2) is 10.1. The second-order valence-electron chi connectivity index (χ2n) is 7.41. The molecule has 0 radical (unpaired) electrons. The number of nitrogens with one attached hydrogen (secondary N) is 1. The first-order valence-corrected chi connectivity index (χ1v) is 10.8. The Morgan fingerprint density at radius 1 is 1.33 bits per heavy atom. The number of carbonyl (C=O) groups excluding carboxylic acids is 1. The van der Waals surface area contributed by atoms with Crippen LogP contribution in [0.25, 0.3) is 0 Å². The number of hydrogen-bond acceptors (Lipinski definition) is 7. The third-order valence-electron chi connectivity index (χ3n) is 4.84. The van der Waals surface area contributed by atoms with Crippen molar-refractivity contribution in [2.75, 3.05) is 32.6 Å². The fourth-order valence-electron chi connectivity index (χ4n) is 3.73. The average Bonchev–Trinajstić information content (AvgIpc) is 3.13. The Balaban J connectivity index is 1.70. The van der Waals surface area contributed by atoms with Crippen molar-refractivity contribution in [2.45, 2.75) is 39.0 Å². The molecule has 0 bridgehead atoms. The predicted molar refractivity (Wildman–Crippen MR) is 119 cm³/mol. The van der Waals surface area contributed by atoms with E-state index in [4.69, 9.17) is 14.2 Å². The van der Waals surface area contributed by atoms with Crippen molar-refractivity contribution in [2.24, 2.45) is 0 Å². The molecule has 2 atom stereocenters. The van der Waals surface area contributed by atoms with Gasteiger partial charge >= 0.3 is 0 Å². The highest BCUT2D eigenvalue weighted by Crippen LogP contribution is 2.33. The number of thiazole rings is 1. The van der Waals surface area contributed by atoms with Crippen LogP contribution in [-0.4, -0.2) is 55.3 Å². The highest BCUT2D eigenvalue weighted by Gasteiger charge is 2.23. The molecule has 2 unspecified atom stereocenters. The predicted octanol–water partition coefficient (Wildman–Crippen LogP) is 3.75. The van der Waals surface area contributed by atoms with Gasteiger partial charge in [-0.2, -0.15) is 0 Å². The molecule has 162 valence electrons. The average molecular weight is 432 g/mol. The normalized spacial score (nSPS) is 19.3. The zero-order valence-corrected chi connectivity index (χ0v) is 18.8. The Kier molecular flexibility index (Phi) is 7.47. The van der Waals surface area contributed by atoms with E-state index in [1.165, 1.54) is 11.3 Å². The molecule has 1 amide bonds. The van der Waals surface area contributed by atoms with E-state index in [0.717, 1.165) is 30.9 Å². The van der Waals surface area contributed by atoms with E-state index in [-0.39, 0.29) is 18.1 Å². The van der Waals surface area contributed by atoms with E-state index < -0.39 is 0 Å². The highest BCUT2D eigenvalue weighted by atomic mass is 32.1. The highest BCUT2D eigenvalue weighted by molar-refractivity contribution is 7.14. The van der Waals surface area contributed by atoms with Gasteiger partial charge < -0.3 is 14.2 Å². The molecular formula is C22H29N3O4S. The van der Waals surface area contributed by atoms with Gasteiger partial charge in [-0.3, -0.25) is 15.0 Å². The number of rotatable bonds is 8. The maximum absolute atomic E-state index is 12.8. The fourth-order valence-corrected chi connectivity index (χ4v) is 4.43. The maximum Gasteiger partial charge on any atom is 0.257 e. The summed E-state index contributed by atoms with van der Waals surface area (Å²) < 4.78 is 16.6. The summed E-state index contributed by atoms with van der Waals surface area (Å²) in [7, 11) is 3.13. The molecule has 2 heterocycles. The second-order valence-corrected chi connectivity index (χ2v) is 8.27. The molecule has 3 rings (SSSR count). The first-order chi connectivity index (χ1) is 14.4. The lowest BCUT2D eigenvalue weighted by atomic mass is 10.1. The van der Waals surface area contributed by atoms with Crippen molar-refractivity contribution in [3.05, 3.63) is 47.0 Å². The molecule has 1 N–H and O–H groups in total. The molecule has 8 heteroatoms. The first-order valence-electron chi connectivity index (χ1n) is 9.92. The summed E-state index contributed by atoms with van der Waals surface area (Å²) in [6.45, 7) is 10.4. The molecule has 1 fully saturated rings. The van der Waals surface area contributed by atoms with Crippen molar-refractivity contribution in [1.82, 2.24) is 9.88 Å². The van der Waals surface area contributed by atoms with Crippen LogP contribution in [0.5, 0.6) is 11.5 Å². The number of benzene rings is 1. The Bertz CT molecular complexity index is 889. The van der Waals surface area contributed by atoms with Crippen LogP contribution >= 0.6 is 11.3 Å². The summed E-state index contributed by atoms with van der Waals surface area (Å²) in [5, 5.41) is 5.45. The molecule has 7 nitrogen and oxygen atoms in total. The van der Waals surface area contributed by atoms with Gasteiger partial charge in [0.05, 0.1) is 32.1 Å². The van der Waals surface area contributed by atoms with Crippen LogP contribution in [0, 0.1) is 0 Å². The van der Waals surface area contributed by atoms with Gasteiger partial charge in [-0.05, 0) is 32.4 Å². The van der Waals surface area contributed by atoms with Gasteiger partial charge in [-0.15, -0.1) is 17.9 Å². The van der Waals surface area contributed by atoms with E-state index in [1.807, 2.05) is 5.38 Å². The van der Waals surface area contributed by atoms with Gasteiger partial charge in [0, 0.05) is 36.1 Å². The first kappa shape index (κ1) is 22.3. The Morgan fingerprint density at radius 2 is 2.07 bits per heavy atom. The third-order valence-corrected chi connectivity index (χ3v) is 5.64. The van der Waals surface area contributed by atoms with Crippen LogP contribution in [0.3, 0.4) is 0 Å². The van der Waals surface area contributed by atoms with Crippen LogP contribution in [0.1, 0.15) is 35.5 Å². The summed E-state index contributed by atoms with van der Waals surface area (Å²) in [6.07, 6.45) is 2.75. The number of amides is 1. The summed E-state index contributed by atoms with van der Waals surface area (Å²) in [6, 6.07) is 3.47. The fraction of sp³-hybridized carbons (Fsp3) is 0.455. The topological polar surface area (TPSA) is 72.9 Å². The van der Waals surface area contributed by atoms with Gasteiger partial charge in [0.2, 0.25) is 0 Å². The van der Waals surface area contributed by atoms with Crippen LogP contribution in [-0.2, 0) is 17.7 Å². The lowest BCUT2D eigenvalue weighted by Crippen LogP contribution is -2.44. The summed E-state index contributed by atoms with van der Waals surface area (Å²) >= 11 is 1.42. The molecule has 30 heavy (non-hydrogen) atoms. The lowest BCUT2D eigenvalue weighted by Gasteiger charge is -2.34. The number of ether oxygens (including phenoxy) is 3. The number of nitrogens with zero attached hydrogens (tertiary/aromatic N) is 2. The smallest absolute Gasteiger partial charge is 0.257 e. The molecule has 0 saturated carbocycles. The molecule has 1 aliphatic heterocycles. The summed E-state index contributed by atoms with van der Waals surface area (Å²) in [5.41, 5.74) is 2.26. The van der Waals surface area contributed by atoms with Crippen molar-refractivity contribution in [3.63, 3.8) is 0 Å². The van der Waals surface area contributed by atoms with Crippen LogP contribution in [0.2, 0.25) is 0 Å². The van der Waals surface area contributed by atoms with E-state index in [0.29, 0.717) is 28.6 Å². The number of hydrogen-bond donors (Lipinski definition) is 1. The third kappa shape index (κ3) is 5.38. The Labute approximate surface area is 181 Å². The number of carbonyl (C=O) groups is 1. The number of anilines is 1. The van der Waals surface area contributed by atoms with E-state index in [1.54, 1.807) is 32.4 Å². The van der Waals surface area contributed by atoms with Gasteiger partial charge in [0.25, 0.3) is 5.91 Å². The molecule has 1 aromatic heterocycles. The molecule has 0 aliphatic carbocycles. The summed E-state index contributed by atoms with van der Waals surface area (Å²) in [4.78, 5) is 19.7. The van der Waals surface area contributed by atoms with Gasteiger partial charge in [-0.1, -0.05) is 6.08 Å². The quantitative estimate of drug-likeness (QED) is 0.642. The zero-order valence-electron chi connectivity index (χ0n) is 17.9. The maximum atomic E-state index is 12.8. The molecule has 1 aliphatic rings.